The number of hydrogen-bond acceptors (Lipinski definition) is 8. The molecule has 1 aromatic rings. The number of phenols is 1. The molecule has 9 nitrogen and oxygen atoms in total. The van der Waals surface area contributed by atoms with Crippen molar-refractivity contribution in [3.8, 4) is 5.75 Å². The fourth-order valence-electron chi connectivity index (χ4n) is 6.43. The molecule has 0 radical (unpaired) electrons. The van der Waals surface area contributed by atoms with Crippen molar-refractivity contribution in [3.05, 3.63) is 28.3 Å². The lowest BCUT2D eigenvalue weighted by Gasteiger charge is -2.52. The van der Waals surface area contributed by atoms with Crippen molar-refractivity contribution in [2.45, 2.75) is 57.6 Å². The minimum absolute atomic E-state index is 0.0431. The van der Waals surface area contributed by atoms with Gasteiger partial charge in [0.15, 0.2) is 34.7 Å². The Labute approximate surface area is 203 Å². The van der Waals surface area contributed by atoms with E-state index in [0.717, 1.165) is 5.56 Å². The number of fused-ring (bicyclic) bond motifs is 3. The first-order chi connectivity index (χ1) is 16.0. The second-order valence-electron chi connectivity index (χ2n) is 11.5. The zero-order valence-electron chi connectivity index (χ0n) is 20.8. The molecule has 0 aromatic heterocycles. The number of carbonyl (C=O) groups excluding carboxylic acids is 5. The Kier molecular flexibility index (Phi) is 5.61. The molecule has 3 aliphatic carbocycles. The molecule has 4 N–H and O–H groups in total. The van der Waals surface area contributed by atoms with Crippen LogP contribution >= 0.6 is 0 Å². The first-order valence-electron chi connectivity index (χ1n) is 11.8. The summed E-state index contributed by atoms with van der Waals surface area (Å²) in [6.07, 6.45) is 0.320. The summed E-state index contributed by atoms with van der Waals surface area (Å²) in [7, 11) is 3.12. The van der Waals surface area contributed by atoms with Crippen LogP contribution in [0.3, 0.4) is 0 Å². The van der Waals surface area contributed by atoms with Gasteiger partial charge in [-0.2, -0.15) is 0 Å². The van der Waals surface area contributed by atoms with E-state index in [1.165, 1.54) is 4.90 Å². The Morgan fingerprint density at radius 3 is 2.26 bits per heavy atom. The highest BCUT2D eigenvalue weighted by Gasteiger charge is 2.69. The second kappa shape index (κ2) is 7.80. The van der Waals surface area contributed by atoms with Crippen molar-refractivity contribution in [2.75, 3.05) is 14.1 Å². The van der Waals surface area contributed by atoms with E-state index in [4.69, 9.17) is 5.73 Å². The molecule has 2 fully saturated rings. The largest absolute Gasteiger partial charge is 0.507 e. The Balaban J connectivity index is 1.90. The van der Waals surface area contributed by atoms with Crippen LogP contribution < -0.4 is 5.73 Å². The highest BCUT2D eigenvalue weighted by atomic mass is 16.3. The Bertz CT molecular complexity index is 1200. The van der Waals surface area contributed by atoms with Gasteiger partial charge in [0.2, 0.25) is 5.91 Å². The summed E-state index contributed by atoms with van der Waals surface area (Å²) in [5.74, 6) is -10.2. The van der Waals surface area contributed by atoms with E-state index in [1.54, 1.807) is 14.1 Å². The van der Waals surface area contributed by atoms with Crippen LogP contribution in [0.4, 0.5) is 0 Å². The molecule has 2 saturated carbocycles. The average Bonchev–Trinajstić information content (AvgIpc) is 2.71. The molecule has 0 heterocycles. The molecule has 6 atom stereocenters. The van der Waals surface area contributed by atoms with E-state index < -0.39 is 69.8 Å². The maximum absolute atomic E-state index is 13.8. The first-order valence-corrected chi connectivity index (χ1v) is 11.8. The number of hydrogen-bond donors (Lipinski definition) is 3. The van der Waals surface area contributed by atoms with E-state index in [0.29, 0.717) is 11.1 Å². The maximum atomic E-state index is 13.8. The third-order valence-electron chi connectivity index (χ3n) is 8.09. The van der Waals surface area contributed by atoms with Crippen LogP contribution in [0.5, 0.6) is 5.75 Å². The quantitative estimate of drug-likeness (QED) is 0.512. The molecule has 4 rings (SSSR count). The SMILES string of the molecule is Cc1cc(C(C)(C)C)c(O)c2c1C[C@@H]1C[C@@H]3[C@@H](N(C)C)C(=O)C(C(N)=O)C(=O)[C@]3(O)C(=O)C1C2=O. The van der Waals surface area contributed by atoms with Crippen LogP contribution in [-0.4, -0.2) is 69.9 Å². The topological polar surface area (TPSA) is 155 Å². The Hall–Kier alpha value is -2.91. The molecule has 9 heteroatoms. The molecule has 2 unspecified atom stereocenters. The number of aryl methyl sites for hydroxylation is 1. The van der Waals surface area contributed by atoms with E-state index in [-0.39, 0.29) is 24.2 Å². The number of Topliss-reactive ketones (excluding diaryl/α,β-unsaturated/α-hetero) is 4. The summed E-state index contributed by atoms with van der Waals surface area (Å²) in [6, 6.07) is 0.741. The number of nitrogens with two attached hydrogens (primary N) is 1. The van der Waals surface area contributed by atoms with E-state index in [9.17, 15) is 34.2 Å². The Morgan fingerprint density at radius 2 is 1.74 bits per heavy atom. The number of phenolic OH excluding ortho intramolecular Hbond substituents is 1. The zero-order chi connectivity index (χ0) is 26.4. The van der Waals surface area contributed by atoms with Gasteiger partial charge < -0.3 is 15.9 Å². The number of nitrogens with zero attached hydrogens (tertiary/aromatic N) is 1. The molecule has 0 saturated heterocycles. The fourth-order valence-corrected chi connectivity index (χ4v) is 6.43. The number of benzene rings is 1. The first kappa shape index (κ1) is 25.2. The summed E-state index contributed by atoms with van der Waals surface area (Å²) >= 11 is 0. The van der Waals surface area contributed by atoms with Crippen LogP contribution in [0.1, 0.15) is 54.2 Å². The van der Waals surface area contributed by atoms with E-state index in [1.807, 2.05) is 33.8 Å². The van der Waals surface area contributed by atoms with Gasteiger partial charge in [0, 0.05) is 11.5 Å². The number of primary amides is 1. The number of ketones is 4. The van der Waals surface area contributed by atoms with Crippen molar-refractivity contribution in [1.82, 2.24) is 4.90 Å². The van der Waals surface area contributed by atoms with Crippen molar-refractivity contribution >= 4 is 29.0 Å². The van der Waals surface area contributed by atoms with Crippen molar-refractivity contribution < 1.29 is 34.2 Å². The second-order valence-corrected chi connectivity index (χ2v) is 11.5. The molecule has 0 bridgehead atoms. The van der Waals surface area contributed by atoms with Crippen molar-refractivity contribution in [3.63, 3.8) is 0 Å². The smallest absolute Gasteiger partial charge is 0.235 e. The average molecular weight is 485 g/mol. The number of likely N-dealkylation sites (N-methyl/N-ethyl adjacent to an activating group) is 1. The summed E-state index contributed by atoms with van der Waals surface area (Å²) in [5, 5.41) is 22.7. The predicted octanol–water partition coefficient (Wildman–Crippen LogP) is 0.473. The third-order valence-corrected chi connectivity index (χ3v) is 8.09. The van der Waals surface area contributed by atoms with Crippen LogP contribution in [-0.2, 0) is 31.0 Å². The van der Waals surface area contributed by atoms with Crippen LogP contribution in [0.25, 0.3) is 0 Å². The normalized spacial score (nSPS) is 32.9. The van der Waals surface area contributed by atoms with E-state index in [2.05, 4.69) is 0 Å². The molecule has 1 amide bonds. The van der Waals surface area contributed by atoms with Gasteiger partial charge in [0.25, 0.3) is 0 Å². The Morgan fingerprint density at radius 1 is 1.14 bits per heavy atom. The van der Waals surface area contributed by atoms with E-state index >= 15 is 0 Å². The highest BCUT2D eigenvalue weighted by Crippen LogP contribution is 2.52. The van der Waals surface area contributed by atoms with Gasteiger partial charge in [-0.1, -0.05) is 26.8 Å². The fraction of sp³-hybridized carbons (Fsp3) is 0.577. The predicted molar refractivity (Wildman–Crippen MR) is 125 cm³/mol. The number of carbonyl (C=O) groups is 5. The van der Waals surface area contributed by atoms with Crippen LogP contribution in [0.2, 0.25) is 0 Å². The van der Waals surface area contributed by atoms with Gasteiger partial charge in [0.05, 0.1) is 17.5 Å². The maximum Gasteiger partial charge on any atom is 0.235 e. The molecule has 0 spiro atoms. The zero-order valence-corrected chi connectivity index (χ0v) is 20.8. The highest BCUT2D eigenvalue weighted by molar-refractivity contribution is 6.32. The van der Waals surface area contributed by atoms with Gasteiger partial charge in [-0.3, -0.25) is 28.9 Å². The van der Waals surface area contributed by atoms with Crippen LogP contribution in [0, 0.1) is 30.6 Å². The number of amides is 1. The van der Waals surface area contributed by atoms with Crippen molar-refractivity contribution in [1.29, 1.82) is 0 Å². The minimum atomic E-state index is -2.71. The molecular formula is C26H32N2O7. The minimum Gasteiger partial charge on any atom is -0.507 e. The summed E-state index contributed by atoms with van der Waals surface area (Å²) < 4.78 is 0. The lowest BCUT2D eigenvalue weighted by atomic mass is 9.52. The third kappa shape index (κ3) is 3.31. The molecule has 188 valence electrons. The molecule has 35 heavy (non-hydrogen) atoms. The molecule has 3 aliphatic rings. The standard InChI is InChI=1S/C26H32N2O7/c1-10-7-14(25(2,3)4)19(29)16-12(10)8-11-9-13-18(28(5)6)21(31)17(24(27)34)23(33)26(13,35)22(32)15(11)20(16)30/h7,11,13,15,17-18,29,35H,8-9H2,1-6H3,(H2,27,34)/t11-,13-,15?,17?,18-,26-/m1/s1. The number of aliphatic hydroxyl groups is 1. The van der Waals surface area contributed by atoms with Gasteiger partial charge in [-0.05, 0) is 56.3 Å². The number of aromatic hydroxyl groups is 1. The molecule has 0 aliphatic heterocycles. The lowest BCUT2D eigenvalue weighted by Crippen LogP contribution is -2.74. The van der Waals surface area contributed by atoms with Gasteiger partial charge in [-0.25, -0.2) is 0 Å². The van der Waals surface area contributed by atoms with Crippen molar-refractivity contribution in [2.24, 2.45) is 29.4 Å². The van der Waals surface area contributed by atoms with Gasteiger partial charge >= 0.3 is 0 Å². The number of rotatable bonds is 2. The van der Waals surface area contributed by atoms with Gasteiger partial charge in [0.1, 0.15) is 5.75 Å². The lowest BCUT2D eigenvalue weighted by molar-refractivity contribution is -0.181. The molecular weight excluding hydrogens is 452 g/mol. The molecule has 1 aromatic carbocycles. The van der Waals surface area contributed by atoms with Crippen LogP contribution in [0.15, 0.2) is 6.07 Å². The van der Waals surface area contributed by atoms with Gasteiger partial charge in [-0.15, -0.1) is 0 Å². The summed E-state index contributed by atoms with van der Waals surface area (Å²) in [4.78, 5) is 67.4. The monoisotopic (exact) mass is 484 g/mol. The summed E-state index contributed by atoms with van der Waals surface area (Å²) in [6.45, 7) is 7.53. The summed E-state index contributed by atoms with van der Waals surface area (Å²) in [5.41, 5.74) is 4.18.